The minimum atomic E-state index is 0.306. The maximum atomic E-state index is 12.2. The Morgan fingerprint density at radius 1 is 0.963 bits per heavy atom. The number of ketones is 1. The van der Waals surface area contributed by atoms with Gasteiger partial charge in [0.2, 0.25) is 0 Å². The number of hydrogen-bond acceptors (Lipinski definition) is 1. The Morgan fingerprint density at radius 3 is 2.56 bits per heavy atom. The summed E-state index contributed by atoms with van der Waals surface area (Å²) in [6.07, 6.45) is 5.74. The molecule has 136 valence electrons. The fourth-order valence-corrected chi connectivity index (χ4v) is 5.46. The highest BCUT2D eigenvalue weighted by Gasteiger charge is 2.39. The van der Waals surface area contributed by atoms with Crippen LogP contribution in [0.2, 0.25) is 0 Å². The van der Waals surface area contributed by atoms with E-state index in [-0.39, 0.29) is 0 Å². The van der Waals surface area contributed by atoms with E-state index >= 15 is 0 Å². The minimum Gasteiger partial charge on any atom is -0.358 e. The van der Waals surface area contributed by atoms with Crippen molar-refractivity contribution in [1.82, 2.24) is 4.98 Å². The van der Waals surface area contributed by atoms with E-state index in [4.69, 9.17) is 0 Å². The Balaban J connectivity index is 1.68. The zero-order chi connectivity index (χ0) is 18.4. The van der Waals surface area contributed by atoms with Crippen molar-refractivity contribution in [3.8, 4) is 0 Å². The number of para-hydroxylation sites is 1. The van der Waals surface area contributed by atoms with Crippen LogP contribution in [0.1, 0.15) is 54.8 Å². The Kier molecular flexibility index (Phi) is 4.00. The molecule has 0 saturated carbocycles. The normalized spacial score (nSPS) is 25.3. The second kappa shape index (κ2) is 6.53. The third kappa shape index (κ3) is 2.75. The summed E-state index contributed by atoms with van der Waals surface area (Å²) in [6.45, 7) is 2.36. The zero-order valence-corrected chi connectivity index (χ0v) is 15.7. The highest BCUT2D eigenvalue weighted by Crippen LogP contribution is 2.51. The summed E-state index contributed by atoms with van der Waals surface area (Å²) < 4.78 is 0. The monoisotopic (exact) mass is 355 g/mol. The molecule has 27 heavy (non-hydrogen) atoms. The number of aromatic nitrogens is 1. The van der Waals surface area contributed by atoms with E-state index in [0.717, 1.165) is 19.3 Å². The van der Waals surface area contributed by atoms with Gasteiger partial charge in [-0.3, -0.25) is 4.79 Å². The molecule has 2 aliphatic rings. The van der Waals surface area contributed by atoms with Crippen molar-refractivity contribution in [2.75, 3.05) is 0 Å². The van der Waals surface area contributed by atoms with Crippen molar-refractivity contribution in [3.05, 3.63) is 83.1 Å². The lowest BCUT2D eigenvalue weighted by Crippen LogP contribution is -2.29. The predicted octanol–water partition coefficient (Wildman–Crippen LogP) is 5.91. The first-order valence-electron chi connectivity index (χ1n) is 10.1. The summed E-state index contributed by atoms with van der Waals surface area (Å²) in [4.78, 5) is 15.9. The fraction of sp³-hybridized carbons (Fsp3) is 0.320. The molecule has 0 spiro atoms. The molecule has 0 saturated heterocycles. The minimum absolute atomic E-state index is 0.306. The first-order chi connectivity index (χ1) is 13.2. The number of benzene rings is 2. The lowest BCUT2D eigenvalue weighted by molar-refractivity contribution is -0.115. The molecular formula is C25H25NO. The number of nitrogens with one attached hydrogen (secondary N) is 1. The lowest BCUT2D eigenvalue weighted by atomic mass is 9.64. The number of H-pyrrole nitrogens is 1. The molecule has 2 nitrogen and oxygen atoms in total. The van der Waals surface area contributed by atoms with Crippen molar-refractivity contribution >= 4 is 16.7 Å². The van der Waals surface area contributed by atoms with E-state index in [0.29, 0.717) is 30.0 Å². The van der Waals surface area contributed by atoms with Crippen molar-refractivity contribution in [1.29, 1.82) is 0 Å². The Labute approximate surface area is 160 Å². The standard InChI is InChI=1S/C25H25NO/c1-16-24(18-10-7-11-19(27)14-18)21(17-8-3-2-4-9-17)15-23-25(16)20-12-5-6-13-22(20)26-23/h2-6,8-9,12-14,16,21,24,26H,7,10-11,15H2,1H3/t16-,21-,24+/m0/s1. The van der Waals surface area contributed by atoms with Gasteiger partial charge in [-0.15, -0.1) is 0 Å². The molecule has 0 bridgehead atoms. The number of hydrogen-bond donors (Lipinski definition) is 1. The van der Waals surface area contributed by atoms with E-state index in [9.17, 15) is 4.79 Å². The molecule has 0 radical (unpaired) electrons. The average Bonchev–Trinajstić information content (AvgIpc) is 3.07. The first-order valence-corrected chi connectivity index (χ1v) is 10.1. The number of allylic oxidation sites excluding steroid dienone is 2. The quantitative estimate of drug-likeness (QED) is 0.609. The molecule has 0 aliphatic heterocycles. The summed E-state index contributed by atoms with van der Waals surface area (Å²) in [5, 5.41) is 1.35. The van der Waals surface area contributed by atoms with E-state index in [1.165, 1.54) is 33.3 Å². The average molecular weight is 355 g/mol. The van der Waals surface area contributed by atoms with Crippen LogP contribution in [-0.4, -0.2) is 10.8 Å². The van der Waals surface area contributed by atoms with Crippen LogP contribution in [0.25, 0.3) is 10.9 Å². The van der Waals surface area contributed by atoms with Crippen molar-refractivity contribution in [2.45, 2.75) is 44.4 Å². The molecule has 5 rings (SSSR count). The van der Waals surface area contributed by atoms with E-state index in [1.807, 2.05) is 6.08 Å². The van der Waals surface area contributed by atoms with Gasteiger partial charge >= 0.3 is 0 Å². The topological polar surface area (TPSA) is 32.9 Å². The molecule has 3 atom stereocenters. The van der Waals surface area contributed by atoms with Gasteiger partial charge < -0.3 is 4.98 Å². The van der Waals surface area contributed by atoms with Gasteiger partial charge in [0.25, 0.3) is 0 Å². The smallest absolute Gasteiger partial charge is 0.155 e. The van der Waals surface area contributed by atoms with Crippen LogP contribution in [0, 0.1) is 5.92 Å². The van der Waals surface area contributed by atoms with Gasteiger partial charge in [-0.25, -0.2) is 0 Å². The van der Waals surface area contributed by atoms with Crippen molar-refractivity contribution in [3.63, 3.8) is 0 Å². The lowest BCUT2D eigenvalue weighted by Gasteiger charge is -2.39. The number of carbonyl (C=O) groups is 1. The van der Waals surface area contributed by atoms with Gasteiger partial charge in [-0.05, 0) is 60.3 Å². The molecule has 0 amide bonds. The summed E-state index contributed by atoms with van der Waals surface area (Å²) >= 11 is 0. The van der Waals surface area contributed by atoms with Crippen LogP contribution in [0.15, 0.2) is 66.2 Å². The second-order valence-electron chi connectivity index (χ2n) is 8.14. The number of aromatic amines is 1. The Morgan fingerprint density at radius 2 is 1.74 bits per heavy atom. The summed E-state index contributed by atoms with van der Waals surface area (Å²) in [5.41, 5.74) is 6.81. The van der Waals surface area contributed by atoms with Crippen LogP contribution in [-0.2, 0) is 11.2 Å². The third-order valence-electron chi connectivity index (χ3n) is 6.57. The fourth-order valence-electron chi connectivity index (χ4n) is 5.46. The van der Waals surface area contributed by atoms with Crippen molar-refractivity contribution in [2.24, 2.45) is 5.92 Å². The van der Waals surface area contributed by atoms with E-state index in [1.54, 1.807) is 0 Å². The molecule has 3 aromatic rings. The molecule has 0 unspecified atom stereocenters. The largest absolute Gasteiger partial charge is 0.358 e. The Hall–Kier alpha value is -2.61. The van der Waals surface area contributed by atoms with Gasteiger partial charge in [-0.1, -0.05) is 61.0 Å². The van der Waals surface area contributed by atoms with Crippen LogP contribution >= 0.6 is 0 Å². The molecule has 1 heterocycles. The number of rotatable bonds is 2. The van der Waals surface area contributed by atoms with Crippen molar-refractivity contribution < 1.29 is 4.79 Å². The predicted molar refractivity (Wildman–Crippen MR) is 110 cm³/mol. The third-order valence-corrected chi connectivity index (χ3v) is 6.57. The molecule has 1 aromatic heterocycles. The van der Waals surface area contributed by atoms with Gasteiger partial charge in [0.05, 0.1) is 0 Å². The molecular weight excluding hydrogens is 330 g/mol. The maximum Gasteiger partial charge on any atom is 0.155 e. The summed E-state index contributed by atoms with van der Waals surface area (Å²) in [5.74, 6) is 1.51. The van der Waals surface area contributed by atoms with Crippen LogP contribution in [0.3, 0.4) is 0 Å². The van der Waals surface area contributed by atoms with E-state index in [2.05, 4.69) is 66.5 Å². The van der Waals surface area contributed by atoms with E-state index < -0.39 is 0 Å². The highest BCUT2D eigenvalue weighted by atomic mass is 16.1. The highest BCUT2D eigenvalue weighted by molar-refractivity contribution is 5.91. The second-order valence-corrected chi connectivity index (χ2v) is 8.14. The Bertz CT molecular complexity index is 1030. The van der Waals surface area contributed by atoms with Crippen LogP contribution in [0.4, 0.5) is 0 Å². The van der Waals surface area contributed by atoms with Gasteiger partial charge in [0.15, 0.2) is 5.78 Å². The first kappa shape index (κ1) is 16.6. The molecule has 2 heteroatoms. The van der Waals surface area contributed by atoms with Gasteiger partial charge in [0, 0.05) is 23.0 Å². The molecule has 2 aliphatic carbocycles. The van der Waals surface area contributed by atoms with Gasteiger partial charge in [0.1, 0.15) is 0 Å². The van der Waals surface area contributed by atoms with Crippen LogP contribution < -0.4 is 0 Å². The SMILES string of the molecule is C[C@@H]1c2c([nH]c3ccccc23)C[C@@H](c2ccccc2)[C@H]1C1=CC(=O)CCC1. The number of fused-ring (bicyclic) bond motifs is 3. The zero-order valence-electron chi connectivity index (χ0n) is 15.7. The molecule has 1 N–H and O–H groups in total. The maximum absolute atomic E-state index is 12.2. The summed E-state index contributed by atoms with van der Waals surface area (Å²) in [6, 6.07) is 19.5. The summed E-state index contributed by atoms with van der Waals surface area (Å²) in [7, 11) is 0. The molecule has 2 aromatic carbocycles. The number of carbonyl (C=O) groups excluding carboxylic acids is 1. The molecule has 0 fully saturated rings. The van der Waals surface area contributed by atoms with Gasteiger partial charge in [-0.2, -0.15) is 0 Å². The van der Waals surface area contributed by atoms with Crippen LogP contribution in [0.5, 0.6) is 0 Å².